The SMILES string of the molecule is Cn1cccc1CN1CCCN(C(=O)c2ccccc2)[C@H]2CCC[C@H]2C(=O)NCC1. The van der Waals surface area contributed by atoms with Gasteiger partial charge in [0.05, 0.1) is 5.92 Å². The minimum Gasteiger partial charge on any atom is -0.355 e. The van der Waals surface area contributed by atoms with E-state index >= 15 is 0 Å². The third-order valence-electron chi connectivity index (χ3n) is 6.54. The summed E-state index contributed by atoms with van der Waals surface area (Å²) in [5.41, 5.74) is 1.96. The van der Waals surface area contributed by atoms with Gasteiger partial charge in [0.1, 0.15) is 0 Å². The second-order valence-electron chi connectivity index (χ2n) is 8.50. The summed E-state index contributed by atoms with van der Waals surface area (Å²) in [4.78, 5) is 30.7. The summed E-state index contributed by atoms with van der Waals surface area (Å²) in [6.07, 6.45) is 5.73. The Morgan fingerprint density at radius 3 is 2.63 bits per heavy atom. The predicted octanol–water partition coefficient (Wildman–Crippen LogP) is 2.66. The number of hydrogen-bond donors (Lipinski definition) is 1. The summed E-state index contributed by atoms with van der Waals surface area (Å²) in [6, 6.07) is 13.7. The predicted molar refractivity (Wildman–Crippen MR) is 117 cm³/mol. The molecule has 0 bridgehead atoms. The molecule has 2 heterocycles. The maximum atomic E-state index is 13.4. The molecular formula is C24H32N4O2. The minimum absolute atomic E-state index is 0.00266. The Hall–Kier alpha value is -2.60. The number of carbonyl (C=O) groups is 2. The molecular weight excluding hydrogens is 376 g/mol. The van der Waals surface area contributed by atoms with Gasteiger partial charge in [0.15, 0.2) is 0 Å². The Morgan fingerprint density at radius 2 is 1.87 bits per heavy atom. The molecule has 2 atom stereocenters. The average molecular weight is 409 g/mol. The van der Waals surface area contributed by atoms with Crippen LogP contribution in [0.3, 0.4) is 0 Å². The molecule has 1 aliphatic heterocycles. The maximum Gasteiger partial charge on any atom is 0.254 e. The summed E-state index contributed by atoms with van der Waals surface area (Å²) in [5.74, 6) is 0.0506. The number of carbonyl (C=O) groups excluding carboxylic acids is 2. The zero-order valence-electron chi connectivity index (χ0n) is 17.8. The third kappa shape index (κ3) is 4.59. The maximum absolute atomic E-state index is 13.4. The lowest BCUT2D eigenvalue weighted by atomic mass is 9.99. The van der Waals surface area contributed by atoms with Crippen molar-refractivity contribution in [2.45, 2.75) is 38.3 Å². The van der Waals surface area contributed by atoms with E-state index in [1.165, 1.54) is 5.69 Å². The van der Waals surface area contributed by atoms with Crippen LogP contribution in [0.1, 0.15) is 41.7 Å². The van der Waals surface area contributed by atoms with Crippen molar-refractivity contribution in [2.75, 3.05) is 26.2 Å². The quantitative estimate of drug-likeness (QED) is 0.850. The molecule has 6 nitrogen and oxygen atoms in total. The molecule has 1 saturated heterocycles. The highest BCUT2D eigenvalue weighted by Gasteiger charge is 2.39. The molecule has 2 fully saturated rings. The van der Waals surface area contributed by atoms with Gasteiger partial charge in [-0.3, -0.25) is 14.5 Å². The van der Waals surface area contributed by atoms with Crippen molar-refractivity contribution in [1.82, 2.24) is 19.7 Å². The van der Waals surface area contributed by atoms with Crippen LogP contribution in [-0.4, -0.2) is 58.4 Å². The van der Waals surface area contributed by atoms with Gasteiger partial charge in [0, 0.05) is 63.3 Å². The van der Waals surface area contributed by atoms with E-state index in [0.29, 0.717) is 18.7 Å². The van der Waals surface area contributed by atoms with E-state index in [9.17, 15) is 9.59 Å². The van der Waals surface area contributed by atoms with Crippen molar-refractivity contribution in [3.63, 3.8) is 0 Å². The Bertz CT molecular complexity index is 863. The standard InChI is InChI=1S/C24H32N4O2/c1-26-14-6-10-20(26)18-27-15-7-16-28(24(30)19-8-3-2-4-9-19)22-12-5-11-21(22)23(29)25-13-17-27/h2-4,6,8-10,14,21-22H,5,7,11-13,15-18H2,1H3,(H,25,29)/t21-,22+/m1/s1. The van der Waals surface area contributed by atoms with E-state index in [4.69, 9.17) is 0 Å². The number of hydrogen-bond acceptors (Lipinski definition) is 3. The fourth-order valence-corrected chi connectivity index (χ4v) is 4.88. The van der Waals surface area contributed by atoms with Crippen molar-refractivity contribution in [3.8, 4) is 0 Å². The number of aromatic nitrogens is 1. The molecule has 2 amide bonds. The second kappa shape index (κ2) is 9.47. The van der Waals surface area contributed by atoms with E-state index < -0.39 is 0 Å². The molecule has 0 spiro atoms. The van der Waals surface area contributed by atoms with Gasteiger partial charge in [-0.1, -0.05) is 24.6 Å². The van der Waals surface area contributed by atoms with Crippen LogP contribution >= 0.6 is 0 Å². The van der Waals surface area contributed by atoms with Crippen LogP contribution in [-0.2, 0) is 18.4 Å². The van der Waals surface area contributed by atoms with Gasteiger partial charge < -0.3 is 14.8 Å². The zero-order valence-corrected chi connectivity index (χ0v) is 17.8. The van der Waals surface area contributed by atoms with E-state index in [1.54, 1.807) is 0 Å². The smallest absolute Gasteiger partial charge is 0.254 e. The molecule has 1 N–H and O–H groups in total. The van der Waals surface area contributed by atoms with Gasteiger partial charge in [-0.15, -0.1) is 0 Å². The third-order valence-corrected chi connectivity index (χ3v) is 6.54. The number of nitrogens with zero attached hydrogens (tertiary/aromatic N) is 3. The lowest BCUT2D eigenvalue weighted by molar-refractivity contribution is -0.126. The fourth-order valence-electron chi connectivity index (χ4n) is 4.88. The summed E-state index contributed by atoms with van der Waals surface area (Å²) >= 11 is 0. The molecule has 2 aromatic rings. The van der Waals surface area contributed by atoms with Crippen molar-refractivity contribution in [3.05, 3.63) is 59.9 Å². The average Bonchev–Trinajstić information content (AvgIpc) is 3.39. The van der Waals surface area contributed by atoms with Crippen LogP contribution < -0.4 is 5.32 Å². The highest BCUT2D eigenvalue weighted by atomic mass is 16.2. The molecule has 0 radical (unpaired) electrons. The Morgan fingerprint density at radius 1 is 1.03 bits per heavy atom. The van der Waals surface area contributed by atoms with Crippen LogP contribution in [0, 0.1) is 5.92 Å². The highest BCUT2D eigenvalue weighted by Crippen LogP contribution is 2.31. The summed E-state index contributed by atoms with van der Waals surface area (Å²) in [7, 11) is 2.06. The van der Waals surface area contributed by atoms with Crippen molar-refractivity contribution >= 4 is 11.8 Å². The van der Waals surface area contributed by atoms with E-state index in [1.807, 2.05) is 35.2 Å². The molecule has 1 aliphatic carbocycles. The molecule has 30 heavy (non-hydrogen) atoms. The van der Waals surface area contributed by atoms with Gasteiger partial charge in [-0.25, -0.2) is 0 Å². The zero-order chi connectivity index (χ0) is 20.9. The summed E-state index contributed by atoms with van der Waals surface area (Å²) in [5, 5.41) is 3.15. The molecule has 1 aromatic heterocycles. The molecule has 1 aromatic carbocycles. The van der Waals surface area contributed by atoms with E-state index in [2.05, 4.69) is 40.2 Å². The molecule has 0 unspecified atom stereocenters. The van der Waals surface area contributed by atoms with Crippen LogP contribution in [0.4, 0.5) is 0 Å². The van der Waals surface area contributed by atoms with Crippen molar-refractivity contribution in [1.29, 1.82) is 0 Å². The Kier molecular flexibility index (Phi) is 6.53. The molecule has 6 heteroatoms. The number of amides is 2. The normalized spacial score (nSPS) is 23.5. The van der Waals surface area contributed by atoms with Crippen LogP contribution in [0.2, 0.25) is 0 Å². The summed E-state index contributed by atoms with van der Waals surface area (Å²) < 4.78 is 2.14. The highest BCUT2D eigenvalue weighted by molar-refractivity contribution is 5.95. The van der Waals surface area contributed by atoms with Crippen molar-refractivity contribution in [2.24, 2.45) is 13.0 Å². The van der Waals surface area contributed by atoms with Crippen LogP contribution in [0.15, 0.2) is 48.7 Å². The molecule has 1 saturated carbocycles. The second-order valence-corrected chi connectivity index (χ2v) is 8.50. The Balaban J connectivity index is 1.53. The number of nitrogens with one attached hydrogen (secondary N) is 1. The van der Waals surface area contributed by atoms with Crippen LogP contribution in [0.5, 0.6) is 0 Å². The first-order chi connectivity index (χ1) is 14.6. The number of aryl methyl sites for hydroxylation is 1. The van der Waals surface area contributed by atoms with E-state index in [-0.39, 0.29) is 23.8 Å². The topological polar surface area (TPSA) is 57.6 Å². The minimum atomic E-state index is -0.0999. The number of benzene rings is 1. The van der Waals surface area contributed by atoms with Gasteiger partial charge in [0.25, 0.3) is 5.91 Å². The first-order valence-corrected chi connectivity index (χ1v) is 11.1. The monoisotopic (exact) mass is 408 g/mol. The Labute approximate surface area is 178 Å². The van der Waals surface area contributed by atoms with Crippen LogP contribution in [0.25, 0.3) is 0 Å². The van der Waals surface area contributed by atoms with E-state index in [0.717, 1.165) is 45.3 Å². The molecule has 4 rings (SSSR count). The van der Waals surface area contributed by atoms with Gasteiger partial charge in [-0.2, -0.15) is 0 Å². The lowest BCUT2D eigenvalue weighted by Gasteiger charge is -2.33. The largest absolute Gasteiger partial charge is 0.355 e. The number of rotatable bonds is 3. The molecule has 2 aliphatic rings. The van der Waals surface area contributed by atoms with Gasteiger partial charge in [-0.05, 0) is 43.5 Å². The first-order valence-electron chi connectivity index (χ1n) is 11.1. The number of fused-ring (bicyclic) bond motifs is 1. The first kappa shape index (κ1) is 20.7. The van der Waals surface area contributed by atoms with Gasteiger partial charge in [0.2, 0.25) is 5.91 Å². The summed E-state index contributed by atoms with van der Waals surface area (Å²) in [6.45, 7) is 3.90. The van der Waals surface area contributed by atoms with Crippen molar-refractivity contribution < 1.29 is 9.59 Å². The molecule has 160 valence electrons. The van der Waals surface area contributed by atoms with Gasteiger partial charge >= 0.3 is 0 Å². The fraction of sp³-hybridized carbons (Fsp3) is 0.500. The lowest BCUT2D eigenvalue weighted by Crippen LogP contribution is -2.47.